The minimum atomic E-state index is -3.24. The van der Waals surface area contributed by atoms with Crippen molar-refractivity contribution in [3.8, 4) is 0 Å². The van der Waals surface area contributed by atoms with Crippen molar-refractivity contribution in [1.82, 2.24) is 0 Å². The third-order valence-corrected chi connectivity index (χ3v) is 2.87. The van der Waals surface area contributed by atoms with Gasteiger partial charge in [-0.2, -0.15) is 0 Å². The molecular weight excluding hydrogens is 226 g/mol. The second kappa shape index (κ2) is 3.52. The Morgan fingerprint density at radius 2 is 1.88 bits per heavy atom. The maximum atomic E-state index is 11.2. The molecule has 1 N–H and O–H groups in total. The monoisotopic (exact) mass is 239 g/mol. The van der Waals surface area contributed by atoms with Crippen molar-refractivity contribution in [2.45, 2.75) is 13.8 Å². The van der Waals surface area contributed by atoms with Crippen LogP contribution in [0.2, 0.25) is 0 Å². The minimum absolute atomic E-state index is 0.593. The zero-order chi connectivity index (χ0) is 11.9. The number of sulfonamides is 1. The maximum Gasteiger partial charge on any atom is 0.229 e. The van der Waals surface area contributed by atoms with Crippen molar-refractivity contribution in [3.05, 3.63) is 29.5 Å². The summed E-state index contributed by atoms with van der Waals surface area (Å²) in [6, 6.07) is 5.49. The largest absolute Gasteiger partial charge is 0.461 e. The van der Waals surface area contributed by atoms with Gasteiger partial charge in [-0.1, -0.05) is 0 Å². The van der Waals surface area contributed by atoms with Gasteiger partial charge in [-0.15, -0.1) is 0 Å². The first-order valence-corrected chi connectivity index (χ1v) is 6.73. The highest BCUT2D eigenvalue weighted by atomic mass is 32.2. The van der Waals surface area contributed by atoms with Crippen LogP contribution in [-0.2, 0) is 10.0 Å². The molecule has 2 rings (SSSR count). The molecule has 0 aliphatic heterocycles. The molecule has 0 aliphatic carbocycles. The first-order valence-electron chi connectivity index (χ1n) is 4.84. The molecule has 1 aromatic heterocycles. The van der Waals surface area contributed by atoms with Gasteiger partial charge in [0.05, 0.1) is 11.9 Å². The van der Waals surface area contributed by atoms with Gasteiger partial charge >= 0.3 is 0 Å². The molecular formula is C11H13NO3S. The first kappa shape index (κ1) is 11.0. The summed E-state index contributed by atoms with van der Waals surface area (Å²) in [6.07, 6.45) is 1.14. The molecule has 0 fully saturated rings. The van der Waals surface area contributed by atoms with Crippen molar-refractivity contribution < 1.29 is 12.8 Å². The van der Waals surface area contributed by atoms with Crippen LogP contribution in [0.1, 0.15) is 11.3 Å². The topological polar surface area (TPSA) is 59.3 Å². The summed E-state index contributed by atoms with van der Waals surface area (Å²) in [7, 11) is -3.24. The number of benzene rings is 1. The summed E-state index contributed by atoms with van der Waals surface area (Å²) < 4.78 is 30.3. The second-order valence-electron chi connectivity index (χ2n) is 3.94. The Balaban J connectivity index is 2.58. The van der Waals surface area contributed by atoms with E-state index < -0.39 is 10.0 Å². The Bertz CT molecular complexity index is 641. The van der Waals surface area contributed by atoms with Crippen LogP contribution in [0.5, 0.6) is 0 Å². The molecule has 86 valence electrons. The molecule has 16 heavy (non-hydrogen) atoms. The smallest absolute Gasteiger partial charge is 0.229 e. The molecule has 0 spiro atoms. The SMILES string of the molecule is Cc1cc2cc(NS(C)(=O)=O)c(C)cc2o1. The number of hydrogen-bond acceptors (Lipinski definition) is 3. The van der Waals surface area contributed by atoms with Crippen molar-refractivity contribution in [2.75, 3.05) is 11.0 Å². The fourth-order valence-corrected chi connectivity index (χ4v) is 2.25. The summed E-state index contributed by atoms with van der Waals surface area (Å²) in [4.78, 5) is 0. The average molecular weight is 239 g/mol. The fourth-order valence-electron chi connectivity index (χ4n) is 1.63. The van der Waals surface area contributed by atoms with E-state index in [2.05, 4.69) is 4.72 Å². The van der Waals surface area contributed by atoms with Crippen LogP contribution in [0.4, 0.5) is 5.69 Å². The van der Waals surface area contributed by atoms with Crippen molar-refractivity contribution in [2.24, 2.45) is 0 Å². The molecule has 0 amide bonds. The van der Waals surface area contributed by atoms with Gasteiger partial charge in [-0.25, -0.2) is 8.42 Å². The van der Waals surface area contributed by atoms with E-state index in [1.165, 1.54) is 0 Å². The Hall–Kier alpha value is -1.49. The Labute approximate surface area is 94.3 Å². The molecule has 0 bridgehead atoms. The van der Waals surface area contributed by atoms with Gasteiger partial charge in [0.25, 0.3) is 0 Å². The highest BCUT2D eigenvalue weighted by Crippen LogP contribution is 2.26. The molecule has 0 aliphatic rings. The van der Waals surface area contributed by atoms with Gasteiger partial charge in [-0.3, -0.25) is 4.72 Å². The van der Waals surface area contributed by atoms with E-state index in [0.29, 0.717) is 5.69 Å². The predicted molar refractivity (Wildman–Crippen MR) is 64.2 cm³/mol. The Morgan fingerprint density at radius 3 is 2.50 bits per heavy atom. The highest BCUT2D eigenvalue weighted by molar-refractivity contribution is 7.92. The lowest BCUT2D eigenvalue weighted by atomic mass is 10.1. The van der Waals surface area contributed by atoms with Crippen molar-refractivity contribution >= 4 is 26.7 Å². The number of hydrogen-bond donors (Lipinski definition) is 1. The number of nitrogens with one attached hydrogen (secondary N) is 1. The molecule has 0 unspecified atom stereocenters. The molecule has 4 nitrogen and oxygen atoms in total. The number of furan rings is 1. The fraction of sp³-hybridized carbons (Fsp3) is 0.273. The van der Waals surface area contributed by atoms with Crippen LogP contribution in [0.25, 0.3) is 11.0 Å². The normalized spacial score (nSPS) is 11.9. The maximum absolute atomic E-state index is 11.2. The highest BCUT2D eigenvalue weighted by Gasteiger charge is 2.08. The van der Waals surface area contributed by atoms with Crippen LogP contribution < -0.4 is 4.72 Å². The van der Waals surface area contributed by atoms with Gasteiger partial charge in [0, 0.05) is 5.39 Å². The number of anilines is 1. The van der Waals surface area contributed by atoms with Gasteiger partial charge in [-0.05, 0) is 37.6 Å². The second-order valence-corrected chi connectivity index (χ2v) is 5.68. The standard InChI is InChI=1S/C11H13NO3S/c1-7-4-11-9(5-8(2)15-11)6-10(7)12-16(3,13)14/h4-6,12H,1-3H3. The van der Waals surface area contributed by atoms with E-state index in [0.717, 1.165) is 28.5 Å². The van der Waals surface area contributed by atoms with Gasteiger partial charge in [0.2, 0.25) is 10.0 Å². The molecule has 1 aromatic carbocycles. The quantitative estimate of drug-likeness (QED) is 0.875. The summed E-state index contributed by atoms with van der Waals surface area (Å²) in [6.45, 7) is 3.70. The number of fused-ring (bicyclic) bond motifs is 1. The van der Waals surface area contributed by atoms with E-state index in [9.17, 15) is 8.42 Å². The van der Waals surface area contributed by atoms with Crippen molar-refractivity contribution in [3.63, 3.8) is 0 Å². The van der Waals surface area contributed by atoms with Gasteiger partial charge in [0.15, 0.2) is 0 Å². The van der Waals surface area contributed by atoms with E-state index in [1.807, 2.05) is 26.0 Å². The average Bonchev–Trinajstić information content (AvgIpc) is 2.42. The summed E-state index contributed by atoms with van der Waals surface area (Å²) in [5.41, 5.74) is 2.21. The van der Waals surface area contributed by atoms with Crippen LogP contribution in [0.15, 0.2) is 22.6 Å². The molecule has 1 heterocycles. The number of aryl methyl sites for hydroxylation is 2. The van der Waals surface area contributed by atoms with E-state index in [-0.39, 0.29) is 0 Å². The van der Waals surface area contributed by atoms with Crippen LogP contribution in [0, 0.1) is 13.8 Å². The van der Waals surface area contributed by atoms with Crippen LogP contribution >= 0.6 is 0 Å². The lowest BCUT2D eigenvalue weighted by Crippen LogP contribution is -2.10. The van der Waals surface area contributed by atoms with Crippen molar-refractivity contribution in [1.29, 1.82) is 0 Å². The van der Waals surface area contributed by atoms with E-state index >= 15 is 0 Å². The first-order chi connectivity index (χ1) is 7.35. The molecule has 5 heteroatoms. The molecule has 0 saturated heterocycles. The minimum Gasteiger partial charge on any atom is -0.461 e. The van der Waals surface area contributed by atoms with Gasteiger partial charge in [0.1, 0.15) is 11.3 Å². The van der Waals surface area contributed by atoms with Crippen LogP contribution in [0.3, 0.4) is 0 Å². The zero-order valence-electron chi connectivity index (χ0n) is 9.37. The molecule has 0 radical (unpaired) electrons. The zero-order valence-corrected chi connectivity index (χ0v) is 10.2. The predicted octanol–water partition coefficient (Wildman–Crippen LogP) is 2.42. The van der Waals surface area contributed by atoms with E-state index in [1.54, 1.807) is 6.07 Å². The van der Waals surface area contributed by atoms with Crippen LogP contribution in [-0.4, -0.2) is 14.7 Å². The summed E-state index contributed by atoms with van der Waals surface area (Å²) >= 11 is 0. The number of rotatable bonds is 2. The summed E-state index contributed by atoms with van der Waals surface area (Å²) in [5.74, 6) is 0.811. The molecule has 2 aromatic rings. The Kier molecular flexibility index (Phi) is 2.42. The third-order valence-electron chi connectivity index (χ3n) is 2.28. The molecule has 0 saturated carbocycles. The van der Waals surface area contributed by atoms with Gasteiger partial charge < -0.3 is 4.42 Å². The third kappa shape index (κ3) is 2.19. The summed E-state index contributed by atoms with van der Waals surface area (Å²) in [5, 5.41) is 0.897. The Morgan fingerprint density at radius 1 is 1.19 bits per heavy atom. The lowest BCUT2D eigenvalue weighted by molar-refractivity contribution is 0.578. The molecule has 0 atom stereocenters. The van der Waals surface area contributed by atoms with E-state index in [4.69, 9.17) is 4.42 Å². The lowest BCUT2D eigenvalue weighted by Gasteiger charge is -2.06.